The normalized spacial score (nSPS) is 20.5. The topological polar surface area (TPSA) is 12.4 Å². The Morgan fingerprint density at radius 3 is 2.18 bits per heavy atom. The molecule has 64 valence electrons. The molecule has 1 rings (SSSR count). The van der Waals surface area contributed by atoms with Crippen molar-refractivity contribution in [1.82, 2.24) is 0 Å². The Balaban J connectivity index is 2.45. The molecule has 0 radical (unpaired) electrons. The van der Waals surface area contributed by atoms with Crippen molar-refractivity contribution in [1.29, 1.82) is 0 Å². The average Bonchev–Trinajstić information content (AvgIpc) is 2.61. The predicted molar refractivity (Wildman–Crippen MR) is 50.2 cm³/mol. The van der Waals surface area contributed by atoms with Crippen LogP contribution in [0, 0.1) is 11.3 Å². The van der Waals surface area contributed by atoms with Gasteiger partial charge in [-0.2, -0.15) is 0 Å². The molecule has 0 aromatic carbocycles. The molecule has 0 aliphatic heterocycles. The molecule has 0 N–H and O–H groups in total. The summed E-state index contributed by atoms with van der Waals surface area (Å²) in [7, 11) is 1.93. The number of hydrogen-bond donors (Lipinski definition) is 0. The lowest BCUT2D eigenvalue weighted by Gasteiger charge is -2.18. The van der Waals surface area contributed by atoms with Crippen LogP contribution in [-0.4, -0.2) is 12.8 Å². The van der Waals surface area contributed by atoms with Gasteiger partial charge in [-0.1, -0.05) is 20.8 Å². The fourth-order valence-corrected chi connectivity index (χ4v) is 1.37. The second kappa shape index (κ2) is 2.96. The first kappa shape index (κ1) is 8.76. The molecule has 0 spiro atoms. The van der Waals surface area contributed by atoms with Gasteiger partial charge < -0.3 is 0 Å². The van der Waals surface area contributed by atoms with Gasteiger partial charge in [0.15, 0.2) is 0 Å². The molecule has 0 saturated heterocycles. The number of rotatable bonds is 2. The van der Waals surface area contributed by atoms with Gasteiger partial charge in [0, 0.05) is 12.8 Å². The largest absolute Gasteiger partial charge is 0.297 e. The first-order valence-electron chi connectivity index (χ1n) is 4.48. The Labute approximate surface area is 69.9 Å². The second-order valence-corrected chi connectivity index (χ2v) is 4.73. The maximum atomic E-state index is 4.35. The Bertz CT molecular complexity index is 158. The van der Waals surface area contributed by atoms with Crippen LogP contribution in [0.5, 0.6) is 0 Å². The Morgan fingerprint density at radius 2 is 1.91 bits per heavy atom. The minimum absolute atomic E-state index is 0.414. The van der Waals surface area contributed by atoms with E-state index in [0.717, 1.165) is 5.92 Å². The molecule has 0 aromatic rings. The van der Waals surface area contributed by atoms with Crippen molar-refractivity contribution >= 4 is 5.71 Å². The van der Waals surface area contributed by atoms with Crippen LogP contribution in [0.2, 0.25) is 0 Å². The molecule has 0 amide bonds. The van der Waals surface area contributed by atoms with Crippen molar-refractivity contribution < 1.29 is 0 Å². The van der Waals surface area contributed by atoms with Gasteiger partial charge in [0.2, 0.25) is 0 Å². The maximum absolute atomic E-state index is 4.35. The zero-order valence-electron chi connectivity index (χ0n) is 8.15. The summed E-state index contributed by atoms with van der Waals surface area (Å²) < 4.78 is 0. The van der Waals surface area contributed by atoms with E-state index in [9.17, 15) is 0 Å². The van der Waals surface area contributed by atoms with Gasteiger partial charge in [0.05, 0.1) is 0 Å². The second-order valence-electron chi connectivity index (χ2n) is 4.73. The Kier molecular flexibility index (Phi) is 2.36. The maximum Gasteiger partial charge on any atom is 0.0276 e. The molecule has 0 atom stereocenters. The number of nitrogens with zero attached hydrogens (tertiary/aromatic N) is 1. The van der Waals surface area contributed by atoms with Crippen molar-refractivity contribution in [2.24, 2.45) is 16.3 Å². The molecule has 1 aliphatic rings. The SMILES string of the molecule is CN=C(CC(C)(C)C)C1CC1. The van der Waals surface area contributed by atoms with E-state index < -0.39 is 0 Å². The summed E-state index contributed by atoms with van der Waals surface area (Å²) in [6, 6.07) is 0. The van der Waals surface area contributed by atoms with Crippen molar-refractivity contribution in [3.8, 4) is 0 Å². The predicted octanol–water partition coefficient (Wildman–Crippen LogP) is 2.90. The summed E-state index contributed by atoms with van der Waals surface area (Å²) in [6.45, 7) is 6.84. The minimum Gasteiger partial charge on any atom is -0.297 e. The summed E-state index contributed by atoms with van der Waals surface area (Å²) in [5, 5.41) is 0. The molecule has 1 aliphatic carbocycles. The van der Waals surface area contributed by atoms with Crippen LogP contribution >= 0.6 is 0 Å². The number of aliphatic imine (C=N–C) groups is 1. The average molecular weight is 153 g/mol. The lowest BCUT2D eigenvalue weighted by Crippen LogP contribution is -2.14. The monoisotopic (exact) mass is 153 g/mol. The first-order valence-corrected chi connectivity index (χ1v) is 4.48. The molecule has 11 heavy (non-hydrogen) atoms. The standard InChI is InChI=1S/C10H19N/c1-10(2,3)7-9(11-4)8-5-6-8/h8H,5-7H2,1-4H3. The molecule has 0 unspecified atom stereocenters. The van der Waals surface area contributed by atoms with Crippen LogP contribution in [0.4, 0.5) is 0 Å². The summed E-state index contributed by atoms with van der Waals surface area (Å²) in [5.41, 5.74) is 1.86. The Morgan fingerprint density at radius 1 is 1.36 bits per heavy atom. The molecule has 0 heterocycles. The van der Waals surface area contributed by atoms with Crippen molar-refractivity contribution in [2.75, 3.05) is 7.05 Å². The van der Waals surface area contributed by atoms with Gasteiger partial charge in [0.25, 0.3) is 0 Å². The quantitative estimate of drug-likeness (QED) is 0.541. The highest BCUT2D eigenvalue weighted by Gasteiger charge is 2.29. The Hall–Kier alpha value is -0.330. The highest BCUT2D eigenvalue weighted by molar-refractivity contribution is 5.89. The van der Waals surface area contributed by atoms with Crippen molar-refractivity contribution in [3.63, 3.8) is 0 Å². The molecule has 1 nitrogen and oxygen atoms in total. The third kappa shape index (κ3) is 3.04. The highest BCUT2D eigenvalue weighted by atomic mass is 14.7. The van der Waals surface area contributed by atoms with Crippen LogP contribution in [0.25, 0.3) is 0 Å². The highest BCUT2D eigenvalue weighted by Crippen LogP contribution is 2.35. The van der Waals surface area contributed by atoms with Crippen molar-refractivity contribution in [2.45, 2.75) is 40.0 Å². The first-order chi connectivity index (χ1) is 5.03. The van der Waals surface area contributed by atoms with Gasteiger partial charge >= 0.3 is 0 Å². The van der Waals surface area contributed by atoms with E-state index in [1.807, 2.05) is 7.05 Å². The summed E-state index contributed by atoms with van der Waals surface area (Å²) >= 11 is 0. The van der Waals surface area contributed by atoms with Crippen LogP contribution < -0.4 is 0 Å². The molecule has 1 heteroatoms. The van der Waals surface area contributed by atoms with Crippen molar-refractivity contribution in [3.05, 3.63) is 0 Å². The van der Waals surface area contributed by atoms with Gasteiger partial charge in [-0.25, -0.2) is 0 Å². The summed E-state index contributed by atoms with van der Waals surface area (Å²) in [5.74, 6) is 0.847. The van der Waals surface area contributed by atoms with E-state index in [1.165, 1.54) is 25.0 Å². The summed E-state index contributed by atoms with van der Waals surface area (Å²) in [6.07, 6.45) is 3.93. The molecular weight excluding hydrogens is 134 g/mol. The van der Waals surface area contributed by atoms with Gasteiger partial charge in [-0.15, -0.1) is 0 Å². The molecule has 1 saturated carbocycles. The van der Waals surface area contributed by atoms with E-state index in [4.69, 9.17) is 0 Å². The molecule has 0 aromatic heterocycles. The lowest BCUT2D eigenvalue weighted by atomic mass is 9.88. The van der Waals surface area contributed by atoms with E-state index in [0.29, 0.717) is 5.41 Å². The third-order valence-corrected chi connectivity index (χ3v) is 2.05. The zero-order valence-corrected chi connectivity index (χ0v) is 8.15. The van der Waals surface area contributed by atoms with E-state index in [2.05, 4.69) is 25.8 Å². The van der Waals surface area contributed by atoms with Crippen LogP contribution in [0.15, 0.2) is 4.99 Å². The minimum atomic E-state index is 0.414. The summed E-state index contributed by atoms with van der Waals surface area (Å²) in [4.78, 5) is 4.35. The lowest BCUT2D eigenvalue weighted by molar-refractivity contribution is 0.430. The third-order valence-electron chi connectivity index (χ3n) is 2.05. The molecule has 1 fully saturated rings. The van der Waals surface area contributed by atoms with Crippen LogP contribution in [0.1, 0.15) is 40.0 Å². The fourth-order valence-electron chi connectivity index (χ4n) is 1.37. The smallest absolute Gasteiger partial charge is 0.0276 e. The van der Waals surface area contributed by atoms with Gasteiger partial charge in [-0.3, -0.25) is 4.99 Å². The van der Waals surface area contributed by atoms with Crippen LogP contribution in [0.3, 0.4) is 0 Å². The molecule has 0 bridgehead atoms. The van der Waals surface area contributed by atoms with E-state index in [-0.39, 0.29) is 0 Å². The van der Waals surface area contributed by atoms with Gasteiger partial charge in [-0.05, 0) is 30.6 Å². The number of hydrogen-bond acceptors (Lipinski definition) is 1. The fraction of sp³-hybridized carbons (Fsp3) is 0.900. The zero-order chi connectivity index (χ0) is 8.48. The van der Waals surface area contributed by atoms with E-state index in [1.54, 1.807) is 0 Å². The van der Waals surface area contributed by atoms with Crippen LogP contribution in [-0.2, 0) is 0 Å². The van der Waals surface area contributed by atoms with E-state index >= 15 is 0 Å². The van der Waals surface area contributed by atoms with Gasteiger partial charge in [0.1, 0.15) is 0 Å². The molecular formula is C10H19N.